The molecule has 1 amide bonds. The molecule has 0 atom stereocenters. The summed E-state index contributed by atoms with van der Waals surface area (Å²) in [5.41, 5.74) is 1.24. The van der Waals surface area contributed by atoms with Crippen molar-refractivity contribution < 1.29 is 4.79 Å². The molecule has 0 aliphatic heterocycles. The molecule has 6 nitrogen and oxygen atoms in total. The minimum Gasteiger partial charge on any atom is -0.321 e. The summed E-state index contributed by atoms with van der Waals surface area (Å²) in [6.45, 7) is 1.92. The Kier molecular flexibility index (Phi) is 2.55. The van der Waals surface area contributed by atoms with Gasteiger partial charge < -0.3 is 9.88 Å². The Balaban J connectivity index is 1.84. The highest BCUT2D eigenvalue weighted by Crippen LogP contribution is 2.36. The van der Waals surface area contributed by atoms with Crippen LogP contribution in [0.3, 0.4) is 0 Å². The van der Waals surface area contributed by atoms with Crippen LogP contribution >= 0.6 is 0 Å². The van der Waals surface area contributed by atoms with E-state index < -0.39 is 0 Å². The number of nitrogens with one attached hydrogen (secondary N) is 1. The van der Waals surface area contributed by atoms with Crippen LogP contribution in [0.1, 0.15) is 35.2 Å². The fourth-order valence-corrected chi connectivity index (χ4v) is 1.97. The third kappa shape index (κ3) is 1.97. The molecule has 0 radical (unpaired) electrons. The number of imidazole rings is 1. The van der Waals surface area contributed by atoms with Crippen LogP contribution in [-0.2, 0) is 0 Å². The van der Waals surface area contributed by atoms with Gasteiger partial charge in [-0.15, -0.1) is 0 Å². The zero-order chi connectivity index (χ0) is 12.5. The smallest absolute Gasteiger partial charge is 0.273 e. The van der Waals surface area contributed by atoms with Crippen LogP contribution in [0.4, 0.5) is 5.69 Å². The van der Waals surface area contributed by atoms with Gasteiger partial charge in [-0.2, -0.15) is 10.2 Å². The summed E-state index contributed by atoms with van der Waals surface area (Å²) in [7, 11) is 0. The maximum atomic E-state index is 12.2. The van der Waals surface area contributed by atoms with E-state index in [0.29, 0.717) is 17.4 Å². The molecule has 92 valence electrons. The SMILES string of the molecule is Cc1ncc(C(=O)Nc2ccnnc2)n1C1CC1. The molecule has 1 aliphatic rings. The van der Waals surface area contributed by atoms with Crippen LogP contribution in [0.2, 0.25) is 0 Å². The largest absolute Gasteiger partial charge is 0.321 e. The lowest BCUT2D eigenvalue weighted by molar-refractivity contribution is 0.101. The molecule has 0 spiro atoms. The van der Waals surface area contributed by atoms with Gasteiger partial charge in [0.2, 0.25) is 0 Å². The van der Waals surface area contributed by atoms with Crippen molar-refractivity contribution in [3.8, 4) is 0 Å². The maximum absolute atomic E-state index is 12.2. The summed E-state index contributed by atoms with van der Waals surface area (Å²) >= 11 is 0. The first-order valence-corrected chi connectivity index (χ1v) is 5.87. The molecule has 0 saturated heterocycles. The van der Waals surface area contributed by atoms with Gasteiger partial charge in [0.1, 0.15) is 11.5 Å². The lowest BCUT2D eigenvalue weighted by Gasteiger charge is -2.08. The fraction of sp³-hybridized carbons (Fsp3) is 0.333. The normalized spacial score (nSPS) is 14.5. The summed E-state index contributed by atoms with van der Waals surface area (Å²) in [6, 6.07) is 2.14. The van der Waals surface area contributed by atoms with Crippen LogP contribution in [0.5, 0.6) is 0 Å². The number of hydrogen-bond acceptors (Lipinski definition) is 4. The number of aryl methyl sites for hydroxylation is 1. The molecule has 2 aromatic heterocycles. The number of aromatic nitrogens is 4. The topological polar surface area (TPSA) is 72.7 Å². The van der Waals surface area contributed by atoms with Gasteiger partial charge in [0.15, 0.2) is 0 Å². The molecule has 0 unspecified atom stereocenters. The Morgan fingerprint density at radius 3 is 2.89 bits per heavy atom. The molecule has 2 heterocycles. The second-order valence-electron chi connectivity index (χ2n) is 4.38. The highest BCUT2D eigenvalue weighted by molar-refractivity contribution is 6.03. The van der Waals surface area contributed by atoms with E-state index in [2.05, 4.69) is 20.5 Å². The Morgan fingerprint density at radius 1 is 1.39 bits per heavy atom. The van der Waals surface area contributed by atoms with Crippen molar-refractivity contribution in [1.82, 2.24) is 19.7 Å². The second-order valence-corrected chi connectivity index (χ2v) is 4.38. The summed E-state index contributed by atoms with van der Waals surface area (Å²) in [5, 5.41) is 10.2. The van der Waals surface area contributed by atoms with Gasteiger partial charge in [0.25, 0.3) is 5.91 Å². The van der Waals surface area contributed by atoms with E-state index in [0.717, 1.165) is 18.7 Å². The number of hydrogen-bond donors (Lipinski definition) is 1. The average molecular weight is 243 g/mol. The van der Waals surface area contributed by atoms with Crippen molar-refractivity contribution in [2.45, 2.75) is 25.8 Å². The van der Waals surface area contributed by atoms with Crippen LogP contribution in [0.25, 0.3) is 0 Å². The number of carbonyl (C=O) groups is 1. The number of rotatable bonds is 3. The molecule has 1 N–H and O–H groups in total. The van der Waals surface area contributed by atoms with Crippen molar-refractivity contribution >= 4 is 11.6 Å². The molecule has 3 rings (SSSR count). The zero-order valence-corrected chi connectivity index (χ0v) is 10.00. The monoisotopic (exact) mass is 243 g/mol. The first-order chi connectivity index (χ1) is 8.75. The Labute approximate surface area is 104 Å². The van der Waals surface area contributed by atoms with Crippen molar-refractivity contribution in [2.24, 2.45) is 0 Å². The van der Waals surface area contributed by atoms with Gasteiger partial charge in [0.05, 0.1) is 24.3 Å². The minimum atomic E-state index is -0.157. The van der Waals surface area contributed by atoms with Gasteiger partial charge in [0, 0.05) is 6.04 Å². The molecule has 0 bridgehead atoms. The standard InChI is InChI=1S/C12H13N5O/c1-8-13-7-11(17(8)10-2-3-10)12(18)16-9-4-5-14-15-6-9/h4-7,10H,2-3H2,1H3,(H,14,16,18). The first kappa shape index (κ1) is 10.9. The number of amides is 1. The van der Waals surface area contributed by atoms with Crippen LogP contribution in [0.15, 0.2) is 24.7 Å². The zero-order valence-electron chi connectivity index (χ0n) is 10.00. The molecule has 1 fully saturated rings. The summed E-state index contributed by atoms with van der Waals surface area (Å²) in [6.07, 6.45) is 6.92. The van der Waals surface area contributed by atoms with E-state index in [4.69, 9.17) is 0 Å². The van der Waals surface area contributed by atoms with Crippen molar-refractivity contribution in [3.05, 3.63) is 36.2 Å². The van der Waals surface area contributed by atoms with E-state index in [9.17, 15) is 4.79 Å². The highest BCUT2D eigenvalue weighted by atomic mass is 16.2. The lowest BCUT2D eigenvalue weighted by atomic mass is 10.3. The maximum Gasteiger partial charge on any atom is 0.273 e. The molecule has 6 heteroatoms. The van der Waals surface area contributed by atoms with Crippen LogP contribution < -0.4 is 5.32 Å². The van der Waals surface area contributed by atoms with Gasteiger partial charge in [-0.1, -0.05) is 0 Å². The van der Waals surface area contributed by atoms with Crippen molar-refractivity contribution in [1.29, 1.82) is 0 Å². The minimum absolute atomic E-state index is 0.157. The van der Waals surface area contributed by atoms with Crippen molar-refractivity contribution in [3.63, 3.8) is 0 Å². The predicted octanol–water partition coefficient (Wildman–Crippen LogP) is 1.57. The van der Waals surface area contributed by atoms with E-state index in [1.54, 1.807) is 18.5 Å². The predicted molar refractivity (Wildman–Crippen MR) is 65.2 cm³/mol. The Bertz CT molecular complexity index is 573. The first-order valence-electron chi connectivity index (χ1n) is 5.87. The number of nitrogens with zero attached hydrogens (tertiary/aromatic N) is 4. The average Bonchev–Trinajstić information content (AvgIpc) is 3.13. The Morgan fingerprint density at radius 2 is 2.22 bits per heavy atom. The number of carbonyl (C=O) groups excluding carboxylic acids is 1. The third-order valence-electron chi connectivity index (χ3n) is 2.97. The lowest BCUT2D eigenvalue weighted by Crippen LogP contribution is -2.17. The summed E-state index contributed by atoms with van der Waals surface area (Å²) in [5.74, 6) is 0.728. The molecule has 2 aromatic rings. The van der Waals surface area contributed by atoms with E-state index >= 15 is 0 Å². The highest BCUT2D eigenvalue weighted by Gasteiger charge is 2.29. The second kappa shape index (κ2) is 4.21. The van der Waals surface area contributed by atoms with Gasteiger partial charge in [-0.3, -0.25) is 4.79 Å². The third-order valence-corrected chi connectivity index (χ3v) is 2.97. The molecule has 0 aromatic carbocycles. The van der Waals surface area contributed by atoms with E-state index in [-0.39, 0.29) is 5.91 Å². The fourth-order valence-electron chi connectivity index (χ4n) is 1.97. The van der Waals surface area contributed by atoms with Crippen LogP contribution in [0, 0.1) is 6.92 Å². The molecular weight excluding hydrogens is 230 g/mol. The Hall–Kier alpha value is -2.24. The molecular formula is C12H13N5O. The number of anilines is 1. The summed E-state index contributed by atoms with van der Waals surface area (Å²) in [4.78, 5) is 16.4. The van der Waals surface area contributed by atoms with Gasteiger partial charge in [-0.05, 0) is 25.8 Å². The van der Waals surface area contributed by atoms with Crippen LogP contribution in [-0.4, -0.2) is 25.7 Å². The van der Waals surface area contributed by atoms with Crippen molar-refractivity contribution in [2.75, 3.05) is 5.32 Å². The molecule has 1 aliphatic carbocycles. The van der Waals surface area contributed by atoms with E-state index in [1.807, 2.05) is 11.5 Å². The quantitative estimate of drug-likeness (QED) is 0.888. The summed E-state index contributed by atoms with van der Waals surface area (Å²) < 4.78 is 2.00. The van der Waals surface area contributed by atoms with E-state index in [1.165, 1.54) is 6.20 Å². The molecule has 18 heavy (non-hydrogen) atoms. The molecule has 1 saturated carbocycles. The van der Waals surface area contributed by atoms with Gasteiger partial charge in [-0.25, -0.2) is 4.98 Å². The van der Waals surface area contributed by atoms with Gasteiger partial charge >= 0.3 is 0 Å².